The summed E-state index contributed by atoms with van der Waals surface area (Å²) in [6, 6.07) is 26.1. The Hall–Kier alpha value is -3.33. The molecule has 1 aromatic heterocycles. The Morgan fingerprint density at radius 1 is 0.885 bits per heavy atom. The van der Waals surface area contributed by atoms with Crippen LogP contribution in [-0.2, 0) is 7.05 Å². The van der Waals surface area contributed by atoms with Crippen LogP contribution in [0.5, 0.6) is 0 Å². The number of rotatable bonds is 3. The Morgan fingerprint density at radius 2 is 1.62 bits per heavy atom. The second-order valence-electron chi connectivity index (χ2n) is 6.50. The summed E-state index contributed by atoms with van der Waals surface area (Å²) in [6.45, 7) is 1.95. The van der Waals surface area contributed by atoms with Crippen molar-refractivity contribution in [2.75, 3.05) is 5.32 Å². The molecule has 0 aliphatic rings. The molecule has 0 atom stereocenters. The Kier molecular flexibility index (Phi) is 4.05. The van der Waals surface area contributed by atoms with Crippen LogP contribution in [0.4, 0.5) is 5.69 Å². The zero-order chi connectivity index (χ0) is 18.1. The number of hydrogen-bond donors (Lipinski definition) is 1. The fourth-order valence-corrected chi connectivity index (χ4v) is 3.34. The Bertz CT molecular complexity index is 1090. The summed E-state index contributed by atoms with van der Waals surface area (Å²) in [5, 5.41) is 4.12. The molecule has 0 spiro atoms. The molecule has 128 valence electrons. The van der Waals surface area contributed by atoms with E-state index >= 15 is 0 Å². The first-order valence-corrected chi connectivity index (χ1v) is 8.65. The first-order valence-electron chi connectivity index (χ1n) is 8.65. The maximum Gasteiger partial charge on any atom is 0.255 e. The van der Waals surface area contributed by atoms with E-state index in [0.717, 1.165) is 27.8 Å². The number of carbonyl (C=O) groups excluding carboxylic acids is 1. The van der Waals surface area contributed by atoms with E-state index in [2.05, 4.69) is 41.2 Å². The molecule has 0 unspecified atom stereocenters. The van der Waals surface area contributed by atoms with Gasteiger partial charge in [-0.2, -0.15) is 0 Å². The molecule has 0 aliphatic carbocycles. The van der Waals surface area contributed by atoms with E-state index in [0.29, 0.717) is 5.56 Å². The minimum absolute atomic E-state index is 0.0818. The molecule has 0 bridgehead atoms. The van der Waals surface area contributed by atoms with Crippen molar-refractivity contribution in [2.45, 2.75) is 6.92 Å². The number of aromatic nitrogens is 1. The van der Waals surface area contributed by atoms with Crippen LogP contribution in [0.2, 0.25) is 0 Å². The molecule has 1 heterocycles. The molecule has 26 heavy (non-hydrogen) atoms. The molecular formula is C23H20N2O. The summed E-state index contributed by atoms with van der Waals surface area (Å²) in [5.41, 5.74) is 5.94. The number of anilines is 1. The van der Waals surface area contributed by atoms with Gasteiger partial charge in [0.1, 0.15) is 0 Å². The monoisotopic (exact) mass is 340 g/mol. The molecule has 0 saturated carbocycles. The lowest BCUT2D eigenvalue weighted by atomic mass is 10.1. The largest absolute Gasteiger partial charge is 0.344 e. The highest BCUT2D eigenvalue weighted by molar-refractivity contribution is 6.06. The molecule has 0 saturated heterocycles. The average molecular weight is 340 g/mol. The van der Waals surface area contributed by atoms with Gasteiger partial charge in [-0.05, 0) is 48.4 Å². The van der Waals surface area contributed by atoms with Gasteiger partial charge in [-0.1, -0.05) is 48.5 Å². The first kappa shape index (κ1) is 16.2. The van der Waals surface area contributed by atoms with Gasteiger partial charge in [0.05, 0.1) is 0 Å². The quantitative estimate of drug-likeness (QED) is 0.532. The standard InChI is InChI=1S/C23H20N2O/c1-16-8-6-7-11-20(16)23(26)24-19-12-13-21-18(14-19)15-22(25(21)2)17-9-4-3-5-10-17/h3-15H,1-2H3,(H,24,26). The van der Waals surface area contributed by atoms with Crippen molar-refractivity contribution < 1.29 is 4.79 Å². The number of fused-ring (bicyclic) bond motifs is 1. The fraction of sp³-hybridized carbons (Fsp3) is 0.0870. The van der Waals surface area contributed by atoms with Gasteiger partial charge in [0.25, 0.3) is 5.91 Å². The van der Waals surface area contributed by atoms with E-state index in [1.807, 2.05) is 61.5 Å². The molecule has 4 aromatic rings. The summed E-state index contributed by atoms with van der Waals surface area (Å²) in [6.07, 6.45) is 0. The summed E-state index contributed by atoms with van der Waals surface area (Å²) in [4.78, 5) is 12.5. The topological polar surface area (TPSA) is 34.0 Å². The maximum atomic E-state index is 12.5. The van der Waals surface area contributed by atoms with Gasteiger partial charge in [0, 0.05) is 34.9 Å². The van der Waals surface area contributed by atoms with Crippen molar-refractivity contribution in [2.24, 2.45) is 7.05 Å². The normalized spacial score (nSPS) is 10.8. The van der Waals surface area contributed by atoms with Gasteiger partial charge >= 0.3 is 0 Å². The number of nitrogens with one attached hydrogen (secondary N) is 1. The van der Waals surface area contributed by atoms with Gasteiger partial charge < -0.3 is 9.88 Å². The number of aryl methyl sites for hydroxylation is 2. The minimum Gasteiger partial charge on any atom is -0.344 e. The number of nitrogens with zero attached hydrogens (tertiary/aromatic N) is 1. The first-order chi connectivity index (χ1) is 12.6. The van der Waals surface area contributed by atoms with Gasteiger partial charge in [0.2, 0.25) is 0 Å². The van der Waals surface area contributed by atoms with E-state index in [1.54, 1.807) is 0 Å². The predicted molar refractivity (Wildman–Crippen MR) is 107 cm³/mol. The summed E-state index contributed by atoms with van der Waals surface area (Å²) >= 11 is 0. The number of amides is 1. The zero-order valence-corrected chi connectivity index (χ0v) is 14.9. The fourth-order valence-electron chi connectivity index (χ4n) is 3.34. The second kappa shape index (κ2) is 6.52. The molecule has 0 aliphatic heterocycles. The van der Waals surface area contributed by atoms with Crippen molar-refractivity contribution in [3.63, 3.8) is 0 Å². The third kappa shape index (κ3) is 2.88. The van der Waals surface area contributed by atoms with Crippen molar-refractivity contribution >= 4 is 22.5 Å². The van der Waals surface area contributed by atoms with Crippen LogP contribution in [0.15, 0.2) is 78.9 Å². The van der Waals surface area contributed by atoms with E-state index in [-0.39, 0.29) is 5.91 Å². The van der Waals surface area contributed by atoms with Crippen LogP contribution in [0.25, 0.3) is 22.2 Å². The van der Waals surface area contributed by atoms with Crippen molar-refractivity contribution in [3.8, 4) is 11.3 Å². The number of hydrogen-bond acceptors (Lipinski definition) is 1. The lowest BCUT2D eigenvalue weighted by molar-refractivity contribution is 0.102. The van der Waals surface area contributed by atoms with Crippen LogP contribution in [0.3, 0.4) is 0 Å². The molecular weight excluding hydrogens is 320 g/mol. The molecule has 3 aromatic carbocycles. The van der Waals surface area contributed by atoms with Crippen LogP contribution in [0, 0.1) is 6.92 Å². The molecule has 0 radical (unpaired) electrons. The summed E-state index contributed by atoms with van der Waals surface area (Å²) in [5.74, 6) is -0.0818. The number of benzene rings is 3. The zero-order valence-electron chi connectivity index (χ0n) is 14.9. The Labute approximate surface area is 152 Å². The van der Waals surface area contributed by atoms with Crippen LogP contribution >= 0.6 is 0 Å². The SMILES string of the molecule is Cc1ccccc1C(=O)Nc1ccc2c(c1)cc(-c1ccccc1)n2C. The van der Waals surface area contributed by atoms with E-state index in [1.165, 1.54) is 5.56 Å². The summed E-state index contributed by atoms with van der Waals surface area (Å²) < 4.78 is 2.18. The van der Waals surface area contributed by atoms with Gasteiger partial charge in [-0.3, -0.25) is 4.79 Å². The van der Waals surface area contributed by atoms with Crippen LogP contribution < -0.4 is 5.32 Å². The Morgan fingerprint density at radius 3 is 2.38 bits per heavy atom. The smallest absolute Gasteiger partial charge is 0.255 e. The average Bonchev–Trinajstić information content (AvgIpc) is 2.99. The summed E-state index contributed by atoms with van der Waals surface area (Å²) in [7, 11) is 2.07. The van der Waals surface area contributed by atoms with Gasteiger partial charge in [-0.25, -0.2) is 0 Å². The molecule has 1 amide bonds. The van der Waals surface area contributed by atoms with Crippen molar-refractivity contribution in [3.05, 3.63) is 90.0 Å². The third-order valence-corrected chi connectivity index (χ3v) is 4.76. The van der Waals surface area contributed by atoms with Crippen molar-refractivity contribution in [1.82, 2.24) is 4.57 Å². The lowest BCUT2D eigenvalue weighted by Crippen LogP contribution is -2.13. The molecule has 4 rings (SSSR count). The minimum atomic E-state index is -0.0818. The van der Waals surface area contributed by atoms with Crippen LogP contribution in [-0.4, -0.2) is 10.5 Å². The second-order valence-corrected chi connectivity index (χ2v) is 6.50. The van der Waals surface area contributed by atoms with E-state index in [4.69, 9.17) is 0 Å². The van der Waals surface area contributed by atoms with E-state index < -0.39 is 0 Å². The molecule has 0 fully saturated rings. The third-order valence-electron chi connectivity index (χ3n) is 4.76. The van der Waals surface area contributed by atoms with Crippen LogP contribution in [0.1, 0.15) is 15.9 Å². The lowest BCUT2D eigenvalue weighted by Gasteiger charge is -2.08. The van der Waals surface area contributed by atoms with Gasteiger partial charge in [0.15, 0.2) is 0 Å². The molecule has 1 N–H and O–H groups in total. The highest BCUT2D eigenvalue weighted by Gasteiger charge is 2.11. The molecule has 3 heteroatoms. The van der Waals surface area contributed by atoms with Gasteiger partial charge in [-0.15, -0.1) is 0 Å². The number of carbonyl (C=O) groups is 1. The highest BCUT2D eigenvalue weighted by Crippen LogP contribution is 2.29. The van der Waals surface area contributed by atoms with Crippen molar-refractivity contribution in [1.29, 1.82) is 0 Å². The highest BCUT2D eigenvalue weighted by atomic mass is 16.1. The maximum absolute atomic E-state index is 12.5. The molecule has 3 nitrogen and oxygen atoms in total. The van der Waals surface area contributed by atoms with E-state index in [9.17, 15) is 4.79 Å². The predicted octanol–water partition coefficient (Wildman–Crippen LogP) is 5.41. The Balaban J connectivity index is 1.68.